The Balaban J connectivity index is 2.12. The predicted octanol–water partition coefficient (Wildman–Crippen LogP) is 4.22. The molecular formula is C15H29N. The molecule has 2 rings (SSSR count). The van der Waals surface area contributed by atoms with Crippen LogP contribution in [0.4, 0.5) is 0 Å². The van der Waals surface area contributed by atoms with Crippen LogP contribution in [0.1, 0.15) is 72.1 Å². The number of fused-ring (bicyclic) bond motifs is 1. The molecule has 0 amide bonds. The number of hydrogen-bond donors (Lipinski definition) is 0. The monoisotopic (exact) mass is 223 g/mol. The zero-order valence-electron chi connectivity index (χ0n) is 11.5. The van der Waals surface area contributed by atoms with E-state index in [2.05, 4.69) is 25.7 Å². The fourth-order valence-corrected chi connectivity index (χ4v) is 3.80. The van der Waals surface area contributed by atoms with Crippen molar-refractivity contribution in [3.63, 3.8) is 0 Å². The first-order chi connectivity index (χ1) is 7.59. The minimum Gasteiger partial charge on any atom is -0.295 e. The van der Waals surface area contributed by atoms with Crippen LogP contribution in [0.25, 0.3) is 0 Å². The van der Waals surface area contributed by atoms with Crippen molar-refractivity contribution in [2.24, 2.45) is 5.92 Å². The number of rotatable bonds is 0. The van der Waals surface area contributed by atoms with E-state index in [9.17, 15) is 0 Å². The molecule has 16 heavy (non-hydrogen) atoms. The molecule has 1 aliphatic carbocycles. The molecule has 1 saturated carbocycles. The lowest BCUT2D eigenvalue weighted by atomic mass is 9.78. The van der Waals surface area contributed by atoms with Gasteiger partial charge in [-0.15, -0.1) is 0 Å². The third-order valence-electron chi connectivity index (χ3n) is 4.60. The van der Waals surface area contributed by atoms with Crippen molar-refractivity contribution in [3.05, 3.63) is 0 Å². The van der Waals surface area contributed by atoms with Gasteiger partial charge in [-0.3, -0.25) is 4.90 Å². The third-order valence-corrected chi connectivity index (χ3v) is 4.60. The van der Waals surface area contributed by atoms with Gasteiger partial charge in [-0.25, -0.2) is 0 Å². The Labute approximate surface area is 102 Å². The van der Waals surface area contributed by atoms with Crippen molar-refractivity contribution in [1.82, 2.24) is 4.90 Å². The first kappa shape index (κ1) is 12.4. The summed E-state index contributed by atoms with van der Waals surface area (Å²) < 4.78 is 0. The smallest absolute Gasteiger partial charge is 0.0129 e. The summed E-state index contributed by atoms with van der Waals surface area (Å²) >= 11 is 0. The standard InChI is InChI=1S/C15H29N/c1-15(2,3)16-12-8-4-5-9-13-10-6-7-11-14(13)16/h13-14H,4-12H2,1-3H3. The topological polar surface area (TPSA) is 3.24 Å². The average molecular weight is 223 g/mol. The van der Waals surface area contributed by atoms with Crippen LogP contribution in [-0.2, 0) is 0 Å². The highest BCUT2D eigenvalue weighted by Gasteiger charge is 2.35. The first-order valence-corrected chi connectivity index (χ1v) is 7.36. The van der Waals surface area contributed by atoms with Crippen molar-refractivity contribution < 1.29 is 0 Å². The summed E-state index contributed by atoms with van der Waals surface area (Å²) in [6, 6.07) is 0.897. The van der Waals surface area contributed by atoms with E-state index in [0.29, 0.717) is 5.54 Å². The van der Waals surface area contributed by atoms with Crippen LogP contribution in [0.2, 0.25) is 0 Å². The van der Waals surface area contributed by atoms with Crippen LogP contribution in [0.5, 0.6) is 0 Å². The van der Waals surface area contributed by atoms with Crippen LogP contribution >= 0.6 is 0 Å². The quantitative estimate of drug-likeness (QED) is 0.594. The van der Waals surface area contributed by atoms with Gasteiger partial charge < -0.3 is 0 Å². The molecule has 2 aliphatic rings. The molecule has 1 aliphatic heterocycles. The van der Waals surface area contributed by atoms with Gasteiger partial charge in [0.25, 0.3) is 0 Å². The third kappa shape index (κ3) is 2.80. The Morgan fingerprint density at radius 1 is 0.812 bits per heavy atom. The lowest BCUT2D eigenvalue weighted by Gasteiger charge is -2.48. The molecule has 0 N–H and O–H groups in total. The maximum atomic E-state index is 2.83. The lowest BCUT2D eigenvalue weighted by molar-refractivity contribution is 0.0149. The lowest BCUT2D eigenvalue weighted by Crippen LogP contribution is -2.53. The van der Waals surface area contributed by atoms with Crippen molar-refractivity contribution >= 4 is 0 Å². The van der Waals surface area contributed by atoms with E-state index in [1.54, 1.807) is 0 Å². The second kappa shape index (κ2) is 5.08. The molecule has 0 aromatic rings. The fraction of sp³-hybridized carbons (Fsp3) is 1.00. The van der Waals surface area contributed by atoms with E-state index in [1.165, 1.54) is 57.9 Å². The van der Waals surface area contributed by atoms with E-state index in [0.717, 1.165) is 12.0 Å². The van der Waals surface area contributed by atoms with Crippen molar-refractivity contribution in [1.29, 1.82) is 0 Å². The van der Waals surface area contributed by atoms with Gasteiger partial charge in [0.1, 0.15) is 0 Å². The first-order valence-electron chi connectivity index (χ1n) is 7.36. The van der Waals surface area contributed by atoms with Gasteiger partial charge in [-0.1, -0.05) is 25.7 Å². The highest BCUT2D eigenvalue weighted by molar-refractivity contribution is 4.90. The second-order valence-electron chi connectivity index (χ2n) is 6.83. The maximum absolute atomic E-state index is 2.83. The van der Waals surface area contributed by atoms with Crippen LogP contribution < -0.4 is 0 Å². The van der Waals surface area contributed by atoms with Crippen LogP contribution in [0.3, 0.4) is 0 Å². The summed E-state index contributed by atoms with van der Waals surface area (Å²) in [7, 11) is 0. The minimum absolute atomic E-state index is 0.373. The largest absolute Gasteiger partial charge is 0.295 e. The van der Waals surface area contributed by atoms with Crippen molar-refractivity contribution in [2.45, 2.75) is 83.7 Å². The van der Waals surface area contributed by atoms with Gasteiger partial charge in [0.05, 0.1) is 0 Å². The summed E-state index contributed by atoms with van der Waals surface area (Å²) in [6.45, 7) is 8.55. The Morgan fingerprint density at radius 3 is 2.12 bits per heavy atom. The van der Waals surface area contributed by atoms with Crippen LogP contribution in [0, 0.1) is 5.92 Å². The summed E-state index contributed by atoms with van der Waals surface area (Å²) in [4.78, 5) is 2.83. The Morgan fingerprint density at radius 2 is 1.44 bits per heavy atom. The van der Waals surface area contributed by atoms with E-state index < -0.39 is 0 Å². The van der Waals surface area contributed by atoms with Crippen LogP contribution in [-0.4, -0.2) is 23.0 Å². The van der Waals surface area contributed by atoms with Crippen molar-refractivity contribution in [3.8, 4) is 0 Å². The molecule has 0 radical (unpaired) electrons. The molecule has 2 fully saturated rings. The van der Waals surface area contributed by atoms with E-state index in [4.69, 9.17) is 0 Å². The maximum Gasteiger partial charge on any atom is 0.0129 e. The zero-order chi connectivity index (χ0) is 11.6. The molecule has 1 saturated heterocycles. The normalized spacial score (nSPS) is 33.9. The molecule has 1 nitrogen and oxygen atoms in total. The highest BCUT2D eigenvalue weighted by Crippen LogP contribution is 2.36. The molecule has 2 atom stereocenters. The molecule has 1 heteroatoms. The van der Waals surface area contributed by atoms with Gasteiger partial charge in [0.2, 0.25) is 0 Å². The zero-order valence-corrected chi connectivity index (χ0v) is 11.5. The van der Waals surface area contributed by atoms with Gasteiger partial charge in [0.15, 0.2) is 0 Å². The fourth-order valence-electron chi connectivity index (χ4n) is 3.80. The average Bonchev–Trinajstić information content (AvgIpc) is 2.17. The van der Waals surface area contributed by atoms with Gasteiger partial charge in [-0.05, 0) is 58.9 Å². The van der Waals surface area contributed by atoms with Crippen molar-refractivity contribution in [2.75, 3.05) is 6.54 Å². The number of hydrogen-bond acceptors (Lipinski definition) is 1. The Hall–Kier alpha value is -0.0400. The summed E-state index contributed by atoms with van der Waals surface area (Å²) in [5.74, 6) is 1.01. The van der Waals surface area contributed by atoms with Crippen LogP contribution in [0.15, 0.2) is 0 Å². The predicted molar refractivity (Wildman–Crippen MR) is 70.7 cm³/mol. The van der Waals surface area contributed by atoms with Gasteiger partial charge >= 0.3 is 0 Å². The minimum atomic E-state index is 0.373. The van der Waals surface area contributed by atoms with Gasteiger partial charge in [0, 0.05) is 11.6 Å². The number of likely N-dealkylation sites (tertiary alicyclic amines) is 1. The van der Waals surface area contributed by atoms with E-state index >= 15 is 0 Å². The second-order valence-corrected chi connectivity index (χ2v) is 6.83. The summed E-state index contributed by atoms with van der Waals surface area (Å²) in [5, 5.41) is 0. The molecule has 0 aromatic heterocycles. The Kier molecular flexibility index (Phi) is 3.94. The molecule has 0 bridgehead atoms. The molecule has 94 valence electrons. The Bertz CT molecular complexity index is 216. The molecular weight excluding hydrogens is 194 g/mol. The molecule has 2 unspecified atom stereocenters. The van der Waals surface area contributed by atoms with E-state index in [-0.39, 0.29) is 0 Å². The highest BCUT2D eigenvalue weighted by atomic mass is 15.2. The summed E-state index contributed by atoms with van der Waals surface area (Å²) in [5.41, 5.74) is 0.373. The summed E-state index contributed by atoms with van der Waals surface area (Å²) in [6.07, 6.45) is 11.8. The van der Waals surface area contributed by atoms with E-state index in [1.807, 2.05) is 0 Å². The molecule has 1 heterocycles. The number of nitrogens with zero attached hydrogens (tertiary/aromatic N) is 1. The molecule has 0 spiro atoms. The van der Waals surface area contributed by atoms with Gasteiger partial charge in [-0.2, -0.15) is 0 Å². The molecule has 0 aromatic carbocycles. The SMILES string of the molecule is CC(C)(C)N1CCCCCC2CCCCC21.